The summed E-state index contributed by atoms with van der Waals surface area (Å²) >= 11 is 0. The SMILES string of the molecule is COc1ccc(-c2ccc(S(=O)c3ccc(-c4ccc(OC)c(N)c4)cc3)cc2)cc1N. The molecule has 6 heteroatoms. The van der Waals surface area contributed by atoms with E-state index in [2.05, 4.69) is 0 Å². The van der Waals surface area contributed by atoms with Gasteiger partial charge in [0, 0.05) is 9.79 Å². The molecule has 32 heavy (non-hydrogen) atoms. The van der Waals surface area contributed by atoms with E-state index in [-0.39, 0.29) is 0 Å². The molecule has 4 aromatic carbocycles. The van der Waals surface area contributed by atoms with Gasteiger partial charge in [0.05, 0.1) is 36.4 Å². The van der Waals surface area contributed by atoms with Crippen LogP contribution in [0.2, 0.25) is 0 Å². The molecular weight excluding hydrogens is 420 g/mol. The zero-order valence-electron chi connectivity index (χ0n) is 17.9. The highest BCUT2D eigenvalue weighted by Gasteiger charge is 2.10. The molecule has 4 aromatic rings. The number of benzene rings is 4. The molecule has 0 aliphatic rings. The van der Waals surface area contributed by atoms with Gasteiger partial charge in [0.25, 0.3) is 0 Å². The number of anilines is 2. The van der Waals surface area contributed by atoms with E-state index in [0.717, 1.165) is 32.0 Å². The van der Waals surface area contributed by atoms with Crippen LogP contribution in [0.4, 0.5) is 11.4 Å². The Hall–Kier alpha value is -3.77. The lowest BCUT2D eigenvalue weighted by molar-refractivity contribution is 0.417. The Bertz CT molecular complexity index is 1170. The summed E-state index contributed by atoms with van der Waals surface area (Å²) in [5, 5.41) is 0. The van der Waals surface area contributed by atoms with E-state index < -0.39 is 10.8 Å². The second kappa shape index (κ2) is 9.16. The zero-order chi connectivity index (χ0) is 22.7. The lowest BCUT2D eigenvalue weighted by atomic mass is 10.0. The Morgan fingerprint density at radius 2 is 0.906 bits per heavy atom. The van der Waals surface area contributed by atoms with Crippen LogP contribution in [0.3, 0.4) is 0 Å². The first-order valence-electron chi connectivity index (χ1n) is 10.00. The molecule has 0 radical (unpaired) electrons. The van der Waals surface area contributed by atoms with Gasteiger partial charge < -0.3 is 20.9 Å². The molecule has 0 unspecified atom stereocenters. The van der Waals surface area contributed by atoms with Crippen LogP contribution in [-0.4, -0.2) is 18.4 Å². The predicted molar refractivity (Wildman–Crippen MR) is 130 cm³/mol. The summed E-state index contributed by atoms with van der Waals surface area (Å²) in [6.07, 6.45) is 0. The number of nitrogens with two attached hydrogens (primary N) is 2. The molecule has 0 saturated heterocycles. The van der Waals surface area contributed by atoms with Crippen LogP contribution in [-0.2, 0) is 10.8 Å². The quantitative estimate of drug-likeness (QED) is 0.391. The summed E-state index contributed by atoms with van der Waals surface area (Å²) in [7, 11) is 1.90. The highest BCUT2D eigenvalue weighted by molar-refractivity contribution is 7.85. The molecule has 4 N–H and O–H groups in total. The number of nitrogen functional groups attached to an aromatic ring is 2. The molecule has 0 fully saturated rings. The molecule has 0 bridgehead atoms. The monoisotopic (exact) mass is 444 g/mol. The standard InChI is InChI=1S/C26H24N2O3S/c1-30-25-13-7-19(15-23(25)27)17-3-9-21(10-4-17)32(29)22-11-5-18(6-12-22)20-8-14-26(31-2)24(28)16-20/h3-16H,27-28H2,1-2H3. The number of ether oxygens (including phenoxy) is 2. The topological polar surface area (TPSA) is 87.6 Å². The van der Waals surface area contributed by atoms with Gasteiger partial charge in [-0.1, -0.05) is 36.4 Å². The van der Waals surface area contributed by atoms with Crippen molar-refractivity contribution in [3.05, 3.63) is 84.9 Å². The number of hydrogen-bond acceptors (Lipinski definition) is 5. The summed E-state index contributed by atoms with van der Waals surface area (Å²) in [5.74, 6) is 1.29. The van der Waals surface area contributed by atoms with Crippen molar-refractivity contribution in [3.63, 3.8) is 0 Å². The van der Waals surface area contributed by atoms with Crippen LogP contribution in [0, 0.1) is 0 Å². The van der Waals surface area contributed by atoms with Gasteiger partial charge in [-0.25, -0.2) is 4.21 Å². The molecule has 0 aliphatic carbocycles. The Morgan fingerprint density at radius 3 is 1.22 bits per heavy atom. The maximum Gasteiger partial charge on any atom is 0.141 e. The Labute approximate surface area is 190 Å². The minimum Gasteiger partial charge on any atom is -0.495 e. The van der Waals surface area contributed by atoms with E-state index in [9.17, 15) is 4.21 Å². The highest BCUT2D eigenvalue weighted by atomic mass is 32.2. The van der Waals surface area contributed by atoms with Crippen molar-refractivity contribution in [2.45, 2.75) is 9.79 Å². The maximum absolute atomic E-state index is 13.1. The van der Waals surface area contributed by atoms with E-state index in [0.29, 0.717) is 22.9 Å². The average molecular weight is 445 g/mol. The maximum atomic E-state index is 13.1. The summed E-state index contributed by atoms with van der Waals surface area (Å²) in [6.45, 7) is 0. The van der Waals surface area contributed by atoms with Gasteiger partial charge in [0.1, 0.15) is 11.5 Å². The fourth-order valence-corrected chi connectivity index (χ4v) is 4.54. The summed E-state index contributed by atoms with van der Waals surface area (Å²) in [6, 6.07) is 26.6. The van der Waals surface area contributed by atoms with Gasteiger partial charge in [-0.2, -0.15) is 0 Å². The van der Waals surface area contributed by atoms with Gasteiger partial charge in [-0.15, -0.1) is 0 Å². The molecule has 5 nitrogen and oxygen atoms in total. The van der Waals surface area contributed by atoms with E-state index in [4.69, 9.17) is 20.9 Å². The zero-order valence-corrected chi connectivity index (χ0v) is 18.7. The molecule has 0 spiro atoms. The Kier molecular flexibility index (Phi) is 6.14. The van der Waals surface area contributed by atoms with Gasteiger partial charge in [0.15, 0.2) is 0 Å². The first kappa shape index (κ1) is 21.5. The van der Waals surface area contributed by atoms with Crippen LogP contribution in [0.5, 0.6) is 11.5 Å². The fraction of sp³-hybridized carbons (Fsp3) is 0.0769. The van der Waals surface area contributed by atoms with Crippen molar-refractivity contribution in [3.8, 4) is 33.8 Å². The van der Waals surface area contributed by atoms with Crippen molar-refractivity contribution >= 4 is 22.2 Å². The molecule has 0 heterocycles. The fourth-order valence-electron chi connectivity index (χ4n) is 3.51. The molecular formula is C26H24N2O3S. The van der Waals surface area contributed by atoms with Crippen molar-refractivity contribution < 1.29 is 13.7 Å². The van der Waals surface area contributed by atoms with Crippen LogP contribution in [0.1, 0.15) is 0 Å². The molecule has 4 rings (SSSR count). The molecule has 0 aromatic heterocycles. The largest absolute Gasteiger partial charge is 0.495 e. The lowest BCUT2D eigenvalue weighted by Gasteiger charge is -2.09. The van der Waals surface area contributed by atoms with Crippen molar-refractivity contribution in [1.29, 1.82) is 0 Å². The van der Waals surface area contributed by atoms with E-state index in [1.54, 1.807) is 14.2 Å². The van der Waals surface area contributed by atoms with Crippen molar-refractivity contribution in [2.75, 3.05) is 25.7 Å². The van der Waals surface area contributed by atoms with Crippen molar-refractivity contribution in [2.24, 2.45) is 0 Å². The number of rotatable bonds is 6. The first-order chi connectivity index (χ1) is 15.5. The lowest BCUT2D eigenvalue weighted by Crippen LogP contribution is -1.95. The third-order valence-electron chi connectivity index (χ3n) is 5.26. The smallest absolute Gasteiger partial charge is 0.141 e. The average Bonchev–Trinajstić information content (AvgIpc) is 2.83. The second-order valence-corrected chi connectivity index (χ2v) is 8.71. The normalized spacial score (nSPS) is 10.8. The third kappa shape index (κ3) is 4.31. The highest BCUT2D eigenvalue weighted by Crippen LogP contribution is 2.31. The van der Waals surface area contributed by atoms with Crippen LogP contribution in [0.25, 0.3) is 22.3 Å². The van der Waals surface area contributed by atoms with Crippen LogP contribution < -0.4 is 20.9 Å². The van der Waals surface area contributed by atoms with Gasteiger partial charge in [-0.05, 0) is 70.8 Å². The first-order valence-corrected chi connectivity index (χ1v) is 11.1. The van der Waals surface area contributed by atoms with Gasteiger partial charge in [-0.3, -0.25) is 0 Å². The second-order valence-electron chi connectivity index (χ2n) is 7.23. The van der Waals surface area contributed by atoms with E-state index >= 15 is 0 Å². The van der Waals surface area contributed by atoms with Crippen LogP contribution >= 0.6 is 0 Å². The van der Waals surface area contributed by atoms with Crippen LogP contribution in [0.15, 0.2) is 94.7 Å². The minimum absolute atomic E-state index is 0.580. The summed E-state index contributed by atoms with van der Waals surface area (Å²) in [4.78, 5) is 1.47. The van der Waals surface area contributed by atoms with Gasteiger partial charge >= 0.3 is 0 Å². The molecule has 0 amide bonds. The third-order valence-corrected chi connectivity index (χ3v) is 6.66. The summed E-state index contributed by atoms with van der Waals surface area (Å²) < 4.78 is 23.5. The van der Waals surface area contributed by atoms with Gasteiger partial charge in [0.2, 0.25) is 0 Å². The molecule has 0 aliphatic heterocycles. The Balaban J connectivity index is 1.53. The molecule has 0 saturated carbocycles. The van der Waals surface area contributed by atoms with E-state index in [1.807, 2.05) is 84.9 Å². The van der Waals surface area contributed by atoms with Crippen molar-refractivity contribution in [1.82, 2.24) is 0 Å². The Morgan fingerprint density at radius 1 is 0.562 bits per heavy atom. The molecule has 162 valence electrons. The predicted octanol–water partition coefficient (Wildman–Crippen LogP) is 5.37. The number of methoxy groups -OCH3 is 2. The molecule has 0 atom stereocenters. The summed E-state index contributed by atoms with van der Waals surface area (Å²) in [5.41, 5.74) is 17.1. The van der Waals surface area contributed by atoms with E-state index in [1.165, 1.54) is 0 Å². The number of hydrogen-bond donors (Lipinski definition) is 2. The minimum atomic E-state index is -1.28.